The molecule has 0 saturated carbocycles. The van der Waals surface area contributed by atoms with E-state index >= 15 is 0 Å². The number of methoxy groups -OCH3 is 2. The zero-order chi connectivity index (χ0) is 16.0. The van der Waals surface area contributed by atoms with Gasteiger partial charge in [0.15, 0.2) is 0 Å². The molecule has 1 fully saturated rings. The van der Waals surface area contributed by atoms with Crippen molar-refractivity contribution in [1.82, 2.24) is 5.32 Å². The second-order valence-electron chi connectivity index (χ2n) is 5.34. The molecule has 0 aromatic heterocycles. The second-order valence-corrected chi connectivity index (χ2v) is 5.34. The lowest BCUT2D eigenvalue weighted by atomic mass is 9.80. The van der Waals surface area contributed by atoms with Gasteiger partial charge in [0, 0.05) is 6.54 Å². The highest BCUT2D eigenvalue weighted by molar-refractivity contribution is 5.94. The molecule has 22 heavy (non-hydrogen) atoms. The fraction of sp³-hybridized carbons (Fsp3) is 0.412. The summed E-state index contributed by atoms with van der Waals surface area (Å²) in [5.74, 6) is -0.652. The van der Waals surface area contributed by atoms with Gasteiger partial charge < -0.3 is 14.8 Å². The van der Waals surface area contributed by atoms with Crippen molar-refractivity contribution < 1.29 is 19.1 Å². The maximum Gasteiger partial charge on any atom is 0.338 e. The van der Waals surface area contributed by atoms with E-state index in [1.165, 1.54) is 14.2 Å². The highest BCUT2D eigenvalue weighted by atomic mass is 16.5. The summed E-state index contributed by atoms with van der Waals surface area (Å²) in [5, 5.41) is 3.23. The molecular weight excluding hydrogens is 282 g/mol. The van der Waals surface area contributed by atoms with Gasteiger partial charge in [0.05, 0.1) is 25.2 Å². The molecule has 1 unspecified atom stereocenters. The number of carbonyl (C=O) groups excluding carboxylic acids is 2. The highest BCUT2D eigenvalue weighted by Crippen LogP contribution is 2.30. The molecule has 0 aliphatic carbocycles. The van der Waals surface area contributed by atoms with E-state index in [1.807, 2.05) is 18.2 Å². The number of ether oxygens (including phenoxy) is 2. The molecule has 1 aliphatic heterocycles. The van der Waals surface area contributed by atoms with Crippen LogP contribution in [0.4, 0.5) is 0 Å². The normalized spacial score (nSPS) is 21.5. The van der Waals surface area contributed by atoms with Gasteiger partial charge in [-0.15, -0.1) is 0 Å². The third kappa shape index (κ3) is 3.36. The molecule has 1 N–H and O–H groups in total. The van der Waals surface area contributed by atoms with Gasteiger partial charge in [0.25, 0.3) is 0 Å². The number of rotatable bonds is 4. The van der Waals surface area contributed by atoms with E-state index in [0.717, 1.165) is 24.9 Å². The molecule has 118 valence electrons. The van der Waals surface area contributed by atoms with Crippen LogP contribution in [0.2, 0.25) is 0 Å². The summed E-state index contributed by atoms with van der Waals surface area (Å²) in [6.45, 7) is 1.43. The van der Waals surface area contributed by atoms with Crippen molar-refractivity contribution in [2.24, 2.45) is 5.41 Å². The van der Waals surface area contributed by atoms with E-state index < -0.39 is 11.4 Å². The van der Waals surface area contributed by atoms with Gasteiger partial charge in [-0.25, -0.2) is 4.79 Å². The van der Waals surface area contributed by atoms with Crippen molar-refractivity contribution in [1.29, 1.82) is 0 Å². The number of benzene rings is 1. The first-order valence-electron chi connectivity index (χ1n) is 7.29. The van der Waals surface area contributed by atoms with Gasteiger partial charge in [-0.05, 0) is 31.0 Å². The lowest BCUT2D eigenvalue weighted by Crippen LogP contribution is -2.44. The minimum atomic E-state index is -0.684. The minimum absolute atomic E-state index is 0.258. The maximum atomic E-state index is 12.2. The van der Waals surface area contributed by atoms with Crippen molar-refractivity contribution >= 4 is 18.0 Å². The van der Waals surface area contributed by atoms with Crippen LogP contribution in [0, 0.1) is 5.41 Å². The first kappa shape index (κ1) is 16.2. The van der Waals surface area contributed by atoms with Crippen molar-refractivity contribution in [2.45, 2.75) is 12.8 Å². The van der Waals surface area contributed by atoms with Crippen LogP contribution in [0.5, 0.6) is 0 Å². The Kier molecular flexibility index (Phi) is 5.33. The molecule has 0 radical (unpaired) electrons. The van der Waals surface area contributed by atoms with Crippen LogP contribution in [0.25, 0.3) is 6.08 Å². The quantitative estimate of drug-likeness (QED) is 0.862. The van der Waals surface area contributed by atoms with Crippen LogP contribution >= 0.6 is 0 Å². The van der Waals surface area contributed by atoms with Crippen LogP contribution in [-0.4, -0.2) is 39.2 Å². The average Bonchev–Trinajstić information content (AvgIpc) is 2.59. The van der Waals surface area contributed by atoms with Crippen molar-refractivity contribution in [3.05, 3.63) is 41.5 Å². The van der Waals surface area contributed by atoms with Crippen LogP contribution in [0.15, 0.2) is 30.3 Å². The van der Waals surface area contributed by atoms with Crippen LogP contribution in [0.3, 0.4) is 0 Å². The molecule has 0 amide bonds. The summed E-state index contributed by atoms with van der Waals surface area (Å²) in [6, 6.07) is 7.15. The Morgan fingerprint density at radius 1 is 1.23 bits per heavy atom. The molecule has 1 aromatic rings. The van der Waals surface area contributed by atoms with E-state index in [4.69, 9.17) is 9.47 Å². The molecule has 0 spiro atoms. The van der Waals surface area contributed by atoms with E-state index in [2.05, 4.69) is 5.32 Å². The van der Waals surface area contributed by atoms with Crippen LogP contribution in [-0.2, 0) is 14.3 Å². The molecule has 1 aliphatic rings. The number of carbonyl (C=O) groups is 2. The van der Waals surface area contributed by atoms with E-state index in [9.17, 15) is 9.59 Å². The Labute approximate surface area is 130 Å². The fourth-order valence-electron chi connectivity index (χ4n) is 2.70. The SMILES string of the molecule is COC(=O)c1ccccc1/C=C/C1(C(=O)OC)CCCNC1. The van der Waals surface area contributed by atoms with Gasteiger partial charge in [-0.3, -0.25) is 4.79 Å². The summed E-state index contributed by atoms with van der Waals surface area (Å²) in [4.78, 5) is 24.0. The first-order valence-corrected chi connectivity index (χ1v) is 7.29. The van der Waals surface area contributed by atoms with Gasteiger partial charge in [0.2, 0.25) is 0 Å². The largest absolute Gasteiger partial charge is 0.468 e. The van der Waals surface area contributed by atoms with Crippen molar-refractivity contribution in [2.75, 3.05) is 27.3 Å². The fourth-order valence-corrected chi connectivity index (χ4v) is 2.70. The Hall–Kier alpha value is -2.14. The Bertz CT molecular complexity index is 574. The molecule has 0 bridgehead atoms. The van der Waals surface area contributed by atoms with Crippen molar-refractivity contribution in [3.8, 4) is 0 Å². The summed E-state index contributed by atoms with van der Waals surface area (Å²) in [5.41, 5.74) is 0.518. The predicted molar refractivity (Wildman–Crippen MR) is 83.4 cm³/mol. The van der Waals surface area contributed by atoms with Gasteiger partial charge in [-0.2, -0.15) is 0 Å². The van der Waals surface area contributed by atoms with Crippen molar-refractivity contribution in [3.63, 3.8) is 0 Å². The molecule has 5 heteroatoms. The predicted octanol–water partition coefficient (Wildman–Crippen LogP) is 2.03. The molecular formula is C17H21NO4. The van der Waals surface area contributed by atoms with Gasteiger partial charge in [0.1, 0.15) is 0 Å². The molecule has 5 nitrogen and oxygen atoms in total. The summed E-state index contributed by atoms with van der Waals surface area (Å²) < 4.78 is 9.74. The van der Waals surface area contributed by atoms with Gasteiger partial charge in [-0.1, -0.05) is 30.4 Å². The third-order valence-electron chi connectivity index (χ3n) is 3.96. The zero-order valence-electron chi connectivity index (χ0n) is 12.9. The lowest BCUT2D eigenvalue weighted by molar-refractivity contribution is -0.150. The lowest BCUT2D eigenvalue weighted by Gasteiger charge is -2.32. The molecule has 1 heterocycles. The van der Waals surface area contributed by atoms with E-state index in [0.29, 0.717) is 12.1 Å². The number of hydrogen-bond donors (Lipinski definition) is 1. The molecule has 1 aromatic carbocycles. The average molecular weight is 303 g/mol. The van der Waals surface area contributed by atoms with E-state index in [1.54, 1.807) is 18.2 Å². The minimum Gasteiger partial charge on any atom is -0.468 e. The molecule has 1 saturated heterocycles. The standard InChI is InChI=1S/C17H21NO4/c1-21-15(19)14-7-4-3-6-13(14)8-10-17(16(20)22-2)9-5-11-18-12-17/h3-4,6-8,10,18H,5,9,11-12H2,1-2H3/b10-8+. The molecule has 1 atom stereocenters. The second kappa shape index (κ2) is 7.22. The third-order valence-corrected chi connectivity index (χ3v) is 3.96. The number of esters is 2. The topological polar surface area (TPSA) is 64.6 Å². The maximum absolute atomic E-state index is 12.2. The highest BCUT2D eigenvalue weighted by Gasteiger charge is 2.38. The summed E-state index contributed by atoms with van der Waals surface area (Å²) >= 11 is 0. The Balaban J connectivity index is 2.32. The van der Waals surface area contributed by atoms with Crippen LogP contribution in [0.1, 0.15) is 28.8 Å². The summed E-state index contributed by atoms with van der Waals surface area (Å²) in [6.07, 6.45) is 5.27. The number of nitrogens with one attached hydrogen (secondary N) is 1. The molecule has 2 rings (SSSR count). The van der Waals surface area contributed by atoms with Gasteiger partial charge >= 0.3 is 11.9 Å². The number of hydrogen-bond acceptors (Lipinski definition) is 5. The summed E-state index contributed by atoms with van der Waals surface area (Å²) in [7, 11) is 2.75. The smallest absolute Gasteiger partial charge is 0.338 e. The monoisotopic (exact) mass is 303 g/mol. The van der Waals surface area contributed by atoms with Crippen LogP contribution < -0.4 is 5.32 Å². The Morgan fingerprint density at radius 3 is 2.64 bits per heavy atom. The zero-order valence-corrected chi connectivity index (χ0v) is 12.9. The Morgan fingerprint density at radius 2 is 2.00 bits per heavy atom. The first-order chi connectivity index (χ1) is 10.6. The number of piperidine rings is 1. The van der Waals surface area contributed by atoms with E-state index in [-0.39, 0.29) is 5.97 Å².